The molecule has 1 aliphatic heterocycles. The smallest absolute Gasteiger partial charge is 0.326 e. The number of hydrogen-bond acceptors (Lipinski definition) is 3. The van der Waals surface area contributed by atoms with Crippen LogP contribution in [0.15, 0.2) is 30.3 Å². The lowest BCUT2D eigenvalue weighted by Gasteiger charge is -2.43. The van der Waals surface area contributed by atoms with E-state index in [1.807, 2.05) is 30.3 Å². The number of nitrogens with zero attached hydrogens (tertiary/aromatic N) is 1. The third kappa shape index (κ3) is 3.10. The molecule has 1 fully saturated rings. The van der Waals surface area contributed by atoms with Gasteiger partial charge in [0.25, 0.3) is 0 Å². The van der Waals surface area contributed by atoms with E-state index in [2.05, 4.69) is 0 Å². The highest BCUT2D eigenvalue weighted by Crippen LogP contribution is 2.34. The van der Waals surface area contributed by atoms with Gasteiger partial charge in [0.2, 0.25) is 5.91 Å². The number of rotatable bonds is 6. The largest absolute Gasteiger partial charge is 0.480 e. The SMILES string of the molecule is CCC(C(=O)O)N1C(=O)CC1SCc1ccccc1. The van der Waals surface area contributed by atoms with Crippen LogP contribution in [0.25, 0.3) is 0 Å². The van der Waals surface area contributed by atoms with Crippen molar-refractivity contribution < 1.29 is 14.7 Å². The van der Waals surface area contributed by atoms with Gasteiger partial charge in [-0.25, -0.2) is 4.79 Å². The molecule has 2 atom stereocenters. The zero-order valence-electron chi connectivity index (χ0n) is 10.8. The average Bonchev–Trinajstić information content (AvgIpc) is 2.41. The number of carbonyl (C=O) groups is 2. The van der Waals surface area contributed by atoms with Crippen LogP contribution in [0, 0.1) is 0 Å². The molecule has 0 spiro atoms. The third-order valence-corrected chi connectivity index (χ3v) is 4.52. The molecule has 1 amide bonds. The minimum Gasteiger partial charge on any atom is -0.480 e. The third-order valence-electron chi connectivity index (χ3n) is 3.24. The van der Waals surface area contributed by atoms with Gasteiger partial charge in [0.05, 0.1) is 11.8 Å². The molecule has 1 saturated heterocycles. The molecule has 0 aromatic heterocycles. The van der Waals surface area contributed by atoms with Crippen molar-refractivity contribution in [3.8, 4) is 0 Å². The number of carbonyl (C=O) groups excluding carboxylic acids is 1. The van der Waals surface area contributed by atoms with E-state index in [1.54, 1.807) is 18.7 Å². The lowest BCUT2D eigenvalue weighted by atomic mass is 10.1. The fourth-order valence-corrected chi connectivity index (χ4v) is 3.43. The van der Waals surface area contributed by atoms with Crippen molar-refractivity contribution >= 4 is 23.6 Å². The Balaban J connectivity index is 1.94. The average molecular weight is 279 g/mol. The number of likely N-dealkylation sites (tertiary alicyclic amines) is 1. The van der Waals surface area contributed by atoms with Gasteiger partial charge in [-0.3, -0.25) is 4.79 Å². The van der Waals surface area contributed by atoms with Gasteiger partial charge >= 0.3 is 5.97 Å². The number of benzene rings is 1. The first-order chi connectivity index (χ1) is 9.13. The number of hydrogen-bond donors (Lipinski definition) is 1. The Bertz CT molecular complexity index is 463. The lowest BCUT2D eigenvalue weighted by Crippen LogP contribution is -2.58. The maximum absolute atomic E-state index is 11.6. The molecule has 102 valence electrons. The molecule has 2 rings (SSSR count). The van der Waals surface area contributed by atoms with Crippen molar-refractivity contribution in [1.82, 2.24) is 4.90 Å². The van der Waals surface area contributed by atoms with Gasteiger partial charge in [0.15, 0.2) is 0 Å². The van der Waals surface area contributed by atoms with Gasteiger partial charge in [-0.05, 0) is 12.0 Å². The summed E-state index contributed by atoms with van der Waals surface area (Å²) in [5.74, 6) is -0.175. The van der Waals surface area contributed by atoms with E-state index in [4.69, 9.17) is 5.11 Å². The summed E-state index contributed by atoms with van der Waals surface area (Å²) in [5.41, 5.74) is 1.19. The van der Waals surface area contributed by atoms with Crippen LogP contribution in [0.5, 0.6) is 0 Å². The molecule has 1 heterocycles. The summed E-state index contributed by atoms with van der Waals surface area (Å²) in [7, 11) is 0. The topological polar surface area (TPSA) is 57.6 Å². The van der Waals surface area contributed by atoms with Crippen molar-refractivity contribution in [1.29, 1.82) is 0 Å². The van der Waals surface area contributed by atoms with Crippen LogP contribution in [-0.2, 0) is 15.3 Å². The van der Waals surface area contributed by atoms with Crippen LogP contribution in [0.3, 0.4) is 0 Å². The van der Waals surface area contributed by atoms with Crippen molar-refractivity contribution in [2.45, 2.75) is 36.9 Å². The molecular formula is C14H17NO3S. The van der Waals surface area contributed by atoms with E-state index >= 15 is 0 Å². The second kappa shape index (κ2) is 6.10. The number of β-lactam (4-membered cyclic amide) rings is 1. The van der Waals surface area contributed by atoms with Crippen LogP contribution in [-0.4, -0.2) is 33.3 Å². The van der Waals surface area contributed by atoms with Crippen LogP contribution < -0.4 is 0 Å². The van der Waals surface area contributed by atoms with Crippen molar-refractivity contribution in [3.05, 3.63) is 35.9 Å². The molecule has 4 nitrogen and oxygen atoms in total. The summed E-state index contributed by atoms with van der Waals surface area (Å²) in [6, 6.07) is 9.30. The number of thioether (sulfide) groups is 1. The van der Waals surface area contributed by atoms with Crippen LogP contribution >= 0.6 is 11.8 Å². The molecule has 1 aromatic rings. The summed E-state index contributed by atoms with van der Waals surface area (Å²) >= 11 is 1.63. The molecule has 19 heavy (non-hydrogen) atoms. The normalized spacial score (nSPS) is 19.9. The maximum atomic E-state index is 11.6. The highest BCUT2D eigenvalue weighted by molar-refractivity contribution is 7.99. The molecular weight excluding hydrogens is 262 g/mol. The van der Waals surface area contributed by atoms with Crippen LogP contribution in [0.4, 0.5) is 0 Å². The van der Waals surface area contributed by atoms with E-state index < -0.39 is 12.0 Å². The zero-order valence-corrected chi connectivity index (χ0v) is 11.6. The number of carboxylic acid groups (broad SMARTS) is 1. The summed E-state index contributed by atoms with van der Waals surface area (Å²) in [4.78, 5) is 24.2. The van der Waals surface area contributed by atoms with Gasteiger partial charge < -0.3 is 10.0 Å². The summed E-state index contributed by atoms with van der Waals surface area (Å²) in [6.07, 6.45) is 0.894. The predicted molar refractivity (Wildman–Crippen MR) is 74.7 cm³/mol. The number of carboxylic acids is 1. The lowest BCUT2D eigenvalue weighted by molar-refractivity contribution is -0.157. The van der Waals surface area contributed by atoms with Crippen LogP contribution in [0.2, 0.25) is 0 Å². The standard InChI is InChI=1S/C14H17NO3S/c1-2-11(14(17)18)15-12(16)8-13(15)19-9-10-6-4-3-5-7-10/h3-7,11,13H,2,8-9H2,1H3,(H,17,18). The monoisotopic (exact) mass is 279 g/mol. The van der Waals surface area contributed by atoms with Crippen LogP contribution in [0.1, 0.15) is 25.3 Å². The number of amides is 1. The summed E-state index contributed by atoms with van der Waals surface area (Å²) < 4.78 is 0. The number of aliphatic carboxylic acids is 1. The van der Waals surface area contributed by atoms with Gasteiger partial charge in [0.1, 0.15) is 6.04 Å². The molecule has 1 aromatic carbocycles. The second-order valence-electron chi connectivity index (χ2n) is 4.52. The molecule has 0 saturated carbocycles. The summed E-state index contributed by atoms with van der Waals surface area (Å²) in [6.45, 7) is 1.79. The fraction of sp³-hybridized carbons (Fsp3) is 0.429. The molecule has 0 aliphatic carbocycles. The van der Waals surface area contributed by atoms with Gasteiger partial charge in [-0.15, -0.1) is 11.8 Å². The second-order valence-corrected chi connectivity index (χ2v) is 5.68. The minimum absolute atomic E-state index is 0.00578. The molecule has 1 aliphatic rings. The highest BCUT2D eigenvalue weighted by Gasteiger charge is 2.43. The Morgan fingerprint density at radius 1 is 1.47 bits per heavy atom. The van der Waals surface area contributed by atoms with Gasteiger partial charge in [0, 0.05) is 5.75 Å². The Kier molecular flexibility index (Phi) is 4.47. The first kappa shape index (κ1) is 13.9. The first-order valence-corrected chi connectivity index (χ1v) is 7.38. The molecule has 2 unspecified atom stereocenters. The first-order valence-electron chi connectivity index (χ1n) is 6.33. The molecule has 0 bridgehead atoms. The highest BCUT2D eigenvalue weighted by atomic mass is 32.2. The quantitative estimate of drug-likeness (QED) is 0.812. The van der Waals surface area contributed by atoms with E-state index in [-0.39, 0.29) is 11.3 Å². The fourth-order valence-electron chi connectivity index (χ4n) is 2.17. The Hall–Kier alpha value is -1.49. The maximum Gasteiger partial charge on any atom is 0.326 e. The van der Waals surface area contributed by atoms with E-state index in [0.717, 1.165) is 5.75 Å². The van der Waals surface area contributed by atoms with E-state index in [9.17, 15) is 9.59 Å². The van der Waals surface area contributed by atoms with E-state index in [1.165, 1.54) is 10.5 Å². The van der Waals surface area contributed by atoms with E-state index in [0.29, 0.717) is 12.8 Å². The Morgan fingerprint density at radius 3 is 2.68 bits per heavy atom. The molecule has 1 N–H and O–H groups in total. The molecule has 5 heteroatoms. The summed E-state index contributed by atoms with van der Waals surface area (Å²) in [5, 5.41) is 9.12. The van der Waals surface area contributed by atoms with Gasteiger partial charge in [-0.1, -0.05) is 37.3 Å². The van der Waals surface area contributed by atoms with Crippen molar-refractivity contribution in [3.63, 3.8) is 0 Å². The Morgan fingerprint density at radius 2 is 2.16 bits per heavy atom. The Labute approximate surface area is 116 Å². The predicted octanol–water partition coefficient (Wildman–Crippen LogP) is 2.34. The van der Waals surface area contributed by atoms with Gasteiger partial charge in [-0.2, -0.15) is 0 Å². The van der Waals surface area contributed by atoms with Crippen molar-refractivity contribution in [2.75, 3.05) is 0 Å². The minimum atomic E-state index is -0.916. The van der Waals surface area contributed by atoms with Crippen molar-refractivity contribution in [2.24, 2.45) is 0 Å². The molecule has 0 radical (unpaired) electrons. The zero-order chi connectivity index (χ0) is 13.8.